The number of nitrogens with one attached hydrogen (secondary N) is 2. The molecule has 0 aliphatic carbocycles. The lowest BCUT2D eigenvalue weighted by Crippen LogP contribution is -2.22. The molecule has 3 rings (SSSR count). The molecule has 1 atom stereocenters. The summed E-state index contributed by atoms with van der Waals surface area (Å²) >= 11 is 0. The van der Waals surface area contributed by atoms with E-state index in [-0.39, 0.29) is 17.1 Å². The molecule has 0 saturated heterocycles. The number of rotatable bonds is 5. The summed E-state index contributed by atoms with van der Waals surface area (Å²) in [4.78, 5) is 32.4. The molecule has 0 bridgehead atoms. The molecule has 0 unspecified atom stereocenters. The lowest BCUT2D eigenvalue weighted by atomic mass is 10.0. The quantitative estimate of drug-likeness (QED) is 0.495. The van der Waals surface area contributed by atoms with Gasteiger partial charge in [-0.3, -0.25) is 9.59 Å². The Morgan fingerprint density at radius 3 is 2.42 bits per heavy atom. The maximum atomic E-state index is 13.3. The van der Waals surface area contributed by atoms with Crippen LogP contribution in [-0.4, -0.2) is 33.9 Å². The Morgan fingerprint density at radius 2 is 1.81 bits per heavy atom. The predicted octanol–water partition coefficient (Wildman–Crippen LogP) is 2.34. The minimum atomic E-state index is -1.76. The van der Waals surface area contributed by atoms with Gasteiger partial charge >= 0.3 is 0 Å². The number of carbonyl (C=O) groups is 2. The second-order valence-corrected chi connectivity index (χ2v) is 6.69. The molecule has 10 heteroatoms. The predicted molar refractivity (Wildman–Crippen MR) is 110 cm³/mol. The number of nitrogens with zero attached hydrogens (tertiary/aromatic N) is 2. The molecule has 0 radical (unpaired) electrons. The molecule has 8 nitrogen and oxygen atoms in total. The van der Waals surface area contributed by atoms with E-state index >= 15 is 0 Å². The van der Waals surface area contributed by atoms with Crippen LogP contribution in [0.1, 0.15) is 27.7 Å². The third-order valence-electron chi connectivity index (χ3n) is 4.46. The lowest BCUT2D eigenvalue weighted by Gasteiger charge is -2.14. The number of nitrogen functional groups attached to an aromatic ring is 1. The number of aryl methyl sites for hydroxylation is 1. The van der Waals surface area contributed by atoms with Gasteiger partial charge < -0.3 is 21.5 Å². The molecule has 0 aliphatic heterocycles. The topological polar surface area (TPSA) is 130 Å². The Bertz CT molecular complexity index is 1150. The Hall–Kier alpha value is -3.92. The van der Waals surface area contributed by atoms with E-state index in [1.807, 2.05) is 0 Å². The van der Waals surface area contributed by atoms with Crippen LogP contribution in [0.15, 0.2) is 42.6 Å². The molecule has 0 aliphatic rings. The lowest BCUT2D eigenvalue weighted by molar-refractivity contribution is -0.124. The molecule has 2 amide bonds. The molecule has 0 fully saturated rings. The smallest absolute Gasteiger partial charge is 0.273 e. The van der Waals surface area contributed by atoms with Crippen LogP contribution in [0, 0.1) is 18.6 Å². The number of aromatic nitrogens is 2. The van der Waals surface area contributed by atoms with Gasteiger partial charge in [0.25, 0.3) is 11.8 Å². The van der Waals surface area contributed by atoms with Crippen LogP contribution in [-0.2, 0) is 4.79 Å². The molecule has 5 N–H and O–H groups in total. The first-order valence-electron chi connectivity index (χ1n) is 9.10. The highest BCUT2D eigenvalue weighted by molar-refractivity contribution is 5.97. The van der Waals surface area contributed by atoms with E-state index in [9.17, 15) is 23.5 Å². The summed E-state index contributed by atoms with van der Waals surface area (Å²) in [7, 11) is 1.45. The van der Waals surface area contributed by atoms with Crippen LogP contribution in [0.3, 0.4) is 0 Å². The molecule has 1 aromatic heterocycles. The standard InChI is InChI=1S/C21H19F2N5O3/c1-10-5-14(27-21(31)18(29)11-6-12(22)8-13(23)7-11)3-4-15(10)16-9-26-19(24)17(28-16)20(30)25-2/h3-9,18,29H,1-2H3,(H2,24,26)(H,25,30)(H,27,31)/t18-/m1/s1. The minimum absolute atomic E-state index is 0.00703. The summed E-state index contributed by atoms with van der Waals surface area (Å²) in [6, 6.07) is 7.22. The fraction of sp³-hybridized carbons (Fsp3) is 0.143. The fourth-order valence-electron chi connectivity index (χ4n) is 2.94. The number of amides is 2. The number of hydrogen-bond acceptors (Lipinski definition) is 6. The molecule has 0 saturated carbocycles. The first-order valence-corrected chi connectivity index (χ1v) is 9.10. The van der Waals surface area contributed by atoms with Crippen molar-refractivity contribution < 1.29 is 23.5 Å². The van der Waals surface area contributed by atoms with Gasteiger partial charge in [-0.25, -0.2) is 18.7 Å². The molecule has 31 heavy (non-hydrogen) atoms. The van der Waals surface area contributed by atoms with Crippen LogP contribution in [0.5, 0.6) is 0 Å². The van der Waals surface area contributed by atoms with Crippen molar-refractivity contribution in [3.63, 3.8) is 0 Å². The molecular formula is C21H19F2N5O3. The van der Waals surface area contributed by atoms with Crippen molar-refractivity contribution in [2.45, 2.75) is 13.0 Å². The van der Waals surface area contributed by atoms with Crippen LogP contribution < -0.4 is 16.4 Å². The van der Waals surface area contributed by atoms with E-state index in [0.717, 1.165) is 12.1 Å². The van der Waals surface area contributed by atoms with E-state index in [2.05, 4.69) is 20.6 Å². The molecule has 1 heterocycles. The van der Waals surface area contributed by atoms with Crippen LogP contribution in [0.2, 0.25) is 0 Å². The summed E-state index contributed by atoms with van der Waals surface area (Å²) < 4.78 is 26.7. The van der Waals surface area contributed by atoms with Crippen LogP contribution in [0.4, 0.5) is 20.3 Å². The molecule has 2 aromatic carbocycles. The zero-order chi connectivity index (χ0) is 22.7. The Balaban J connectivity index is 1.82. The Morgan fingerprint density at radius 1 is 1.13 bits per heavy atom. The summed E-state index contributed by atoms with van der Waals surface area (Å²) in [5.41, 5.74) is 7.56. The number of nitrogens with two attached hydrogens (primary N) is 1. The van der Waals surface area contributed by atoms with Crippen LogP contribution in [0.25, 0.3) is 11.3 Å². The van der Waals surface area contributed by atoms with Crippen molar-refractivity contribution in [2.24, 2.45) is 0 Å². The normalized spacial score (nSPS) is 11.6. The van der Waals surface area contributed by atoms with Gasteiger partial charge in [-0.2, -0.15) is 0 Å². The number of aliphatic hydroxyl groups excluding tert-OH is 1. The van der Waals surface area contributed by atoms with Crippen molar-refractivity contribution in [3.8, 4) is 11.3 Å². The summed E-state index contributed by atoms with van der Waals surface area (Å²) in [5, 5.41) is 15.0. The van der Waals surface area contributed by atoms with Crippen LogP contribution >= 0.6 is 0 Å². The number of anilines is 2. The van der Waals surface area contributed by atoms with Gasteiger partial charge in [0, 0.05) is 24.4 Å². The Kier molecular flexibility index (Phi) is 6.21. The highest BCUT2D eigenvalue weighted by Gasteiger charge is 2.20. The molecule has 160 valence electrons. The minimum Gasteiger partial charge on any atom is -0.382 e. The second-order valence-electron chi connectivity index (χ2n) is 6.69. The average molecular weight is 427 g/mol. The number of carbonyl (C=O) groups excluding carboxylic acids is 2. The maximum Gasteiger partial charge on any atom is 0.273 e. The summed E-state index contributed by atoms with van der Waals surface area (Å²) in [6.07, 6.45) is -0.340. The van der Waals surface area contributed by atoms with E-state index in [1.54, 1.807) is 25.1 Å². The molecule has 3 aromatic rings. The van der Waals surface area contributed by atoms with E-state index in [0.29, 0.717) is 28.6 Å². The van der Waals surface area contributed by atoms with Gasteiger partial charge in [-0.05, 0) is 42.3 Å². The first-order chi connectivity index (χ1) is 14.7. The number of hydrogen-bond donors (Lipinski definition) is 4. The van der Waals surface area contributed by atoms with E-state index in [1.165, 1.54) is 13.2 Å². The van der Waals surface area contributed by atoms with Gasteiger partial charge in [0.05, 0.1) is 11.9 Å². The largest absolute Gasteiger partial charge is 0.382 e. The van der Waals surface area contributed by atoms with Gasteiger partial charge in [-0.15, -0.1) is 0 Å². The van der Waals surface area contributed by atoms with E-state index < -0.39 is 29.6 Å². The van der Waals surface area contributed by atoms with Gasteiger partial charge in [0.1, 0.15) is 11.6 Å². The number of halogens is 2. The second kappa shape index (κ2) is 8.84. The maximum absolute atomic E-state index is 13.3. The molecule has 0 spiro atoms. The third kappa shape index (κ3) is 4.81. The zero-order valence-corrected chi connectivity index (χ0v) is 16.6. The van der Waals surface area contributed by atoms with Gasteiger partial charge in [0.2, 0.25) is 0 Å². The number of aliphatic hydroxyl groups is 1. The first kappa shape index (κ1) is 21.8. The van der Waals surface area contributed by atoms with Crippen molar-refractivity contribution >= 4 is 23.3 Å². The van der Waals surface area contributed by atoms with Crippen molar-refractivity contribution in [1.29, 1.82) is 0 Å². The highest BCUT2D eigenvalue weighted by atomic mass is 19.1. The third-order valence-corrected chi connectivity index (χ3v) is 4.46. The Labute approximate surface area is 176 Å². The van der Waals surface area contributed by atoms with E-state index in [4.69, 9.17) is 5.73 Å². The summed E-state index contributed by atoms with van der Waals surface area (Å²) in [6.45, 7) is 1.75. The van der Waals surface area contributed by atoms with Gasteiger partial charge in [-0.1, -0.05) is 6.07 Å². The average Bonchev–Trinajstić information content (AvgIpc) is 2.72. The number of benzene rings is 2. The molecular weight excluding hydrogens is 408 g/mol. The fourth-order valence-corrected chi connectivity index (χ4v) is 2.94. The van der Waals surface area contributed by atoms with Gasteiger partial charge in [0.15, 0.2) is 17.6 Å². The monoisotopic (exact) mass is 427 g/mol. The van der Waals surface area contributed by atoms with Crippen molar-refractivity contribution in [2.75, 3.05) is 18.1 Å². The SMILES string of the molecule is CNC(=O)c1nc(-c2ccc(NC(=O)[C@H](O)c3cc(F)cc(F)c3)cc2C)cnc1N. The van der Waals surface area contributed by atoms with Crippen molar-refractivity contribution in [1.82, 2.24) is 15.3 Å². The summed E-state index contributed by atoms with van der Waals surface area (Å²) in [5.74, 6) is -3.14. The highest BCUT2D eigenvalue weighted by Crippen LogP contribution is 2.26. The zero-order valence-electron chi connectivity index (χ0n) is 16.6. The van der Waals surface area contributed by atoms with Crippen molar-refractivity contribution in [3.05, 3.63) is 71.1 Å².